The molecule has 0 fully saturated rings. The van der Waals surface area contributed by atoms with E-state index in [-0.39, 0.29) is 11.6 Å². The van der Waals surface area contributed by atoms with E-state index in [0.29, 0.717) is 22.2 Å². The molecule has 3 aromatic rings. The molecule has 0 unspecified atom stereocenters. The van der Waals surface area contributed by atoms with Crippen molar-refractivity contribution < 1.29 is 14.4 Å². The normalized spacial score (nSPS) is 10.6. The van der Waals surface area contributed by atoms with E-state index in [0.717, 1.165) is 5.56 Å². The maximum absolute atomic E-state index is 9.90. The Labute approximate surface area is 125 Å². The average Bonchev–Trinajstić information content (AvgIpc) is 2.98. The Morgan fingerprint density at radius 2 is 1.90 bits per heavy atom. The lowest BCUT2D eigenvalue weighted by Gasteiger charge is -2.02. The van der Waals surface area contributed by atoms with Crippen LogP contribution in [0.15, 0.2) is 47.0 Å². The summed E-state index contributed by atoms with van der Waals surface area (Å²) in [6, 6.07) is 11.9. The molecule has 6 heteroatoms. The Bertz CT molecular complexity index is 769. The molecule has 2 aromatic carbocycles. The quantitative estimate of drug-likeness (QED) is 0.797. The maximum atomic E-state index is 9.90. The Kier molecular flexibility index (Phi) is 3.50. The molecular formula is C15H11ClN2O3. The molecule has 0 spiro atoms. The van der Waals surface area contributed by atoms with Gasteiger partial charge in [-0.05, 0) is 42.5 Å². The van der Waals surface area contributed by atoms with Crippen molar-refractivity contribution in [3.8, 4) is 34.3 Å². The molecule has 0 aliphatic rings. The smallest absolute Gasteiger partial charge is 0.262 e. The van der Waals surface area contributed by atoms with Gasteiger partial charge in [-0.25, -0.2) is 0 Å². The van der Waals surface area contributed by atoms with Crippen molar-refractivity contribution in [3.63, 3.8) is 0 Å². The van der Waals surface area contributed by atoms with E-state index in [1.165, 1.54) is 6.07 Å². The van der Waals surface area contributed by atoms with Gasteiger partial charge in [-0.15, -0.1) is 0 Å². The molecule has 1 heterocycles. The van der Waals surface area contributed by atoms with Gasteiger partial charge in [0.15, 0.2) is 0 Å². The lowest BCUT2D eigenvalue weighted by Crippen LogP contribution is -1.85. The molecule has 0 atom stereocenters. The first-order valence-electron chi connectivity index (χ1n) is 6.14. The van der Waals surface area contributed by atoms with E-state index in [4.69, 9.17) is 20.9 Å². The minimum atomic E-state index is 0.0436. The maximum Gasteiger partial charge on any atom is 0.262 e. The number of nitrogens with zero attached hydrogens (tertiary/aromatic N) is 2. The fraction of sp³-hybridized carbons (Fsp3) is 0.0667. The number of aromatic hydroxyl groups is 1. The average molecular weight is 303 g/mol. The van der Waals surface area contributed by atoms with Gasteiger partial charge in [0.2, 0.25) is 5.82 Å². The molecule has 0 bridgehead atoms. The summed E-state index contributed by atoms with van der Waals surface area (Å²) in [5.74, 6) is 1.27. The van der Waals surface area contributed by atoms with Gasteiger partial charge in [0.25, 0.3) is 5.89 Å². The molecule has 0 radical (unpaired) electrons. The Morgan fingerprint density at radius 1 is 1.14 bits per heavy atom. The third-order valence-corrected chi connectivity index (χ3v) is 3.21. The van der Waals surface area contributed by atoms with E-state index in [1.807, 2.05) is 0 Å². The van der Waals surface area contributed by atoms with Crippen LogP contribution in [0.3, 0.4) is 0 Å². The van der Waals surface area contributed by atoms with E-state index in [1.54, 1.807) is 43.5 Å². The lowest BCUT2D eigenvalue weighted by atomic mass is 10.2. The molecule has 5 nitrogen and oxygen atoms in total. The van der Waals surface area contributed by atoms with E-state index >= 15 is 0 Å². The minimum Gasteiger partial charge on any atom is -0.507 e. The number of benzene rings is 2. The van der Waals surface area contributed by atoms with Crippen LogP contribution in [0.2, 0.25) is 5.02 Å². The van der Waals surface area contributed by atoms with Gasteiger partial charge >= 0.3 is 0 Å². The highest BCUT2D eigenvalue weighted by molar-refractivity contribution is 6.30. The van der Waals surface area contributed by atoms with E-state index < -0.39 is 0 Å². The molecular weight excluding hydrogens is 292 g/mol. The van der Waals surface area contributed by atoms with Gasteiger partial charge in [-0.1, -0.05) is 16.8 Å². The van der Waals surface area contributed by atoms with Crippen molar-refractivity contribution in [2.45, 2.75) is 0 Å². The molecule has 3 rings (SSSR count). The summed E-state index contributed by atoms with van der Waals surface area (Å²) in [7, 11) is 1.54. The number of rotatable bonds is 3. The van der Waals surface area contributed by atoms with Crippen LogP contribution in [-0.4, -0.2) is 22.4 Å². The Hall–Kier alpha value is -2.53. The predicted octanol–water partition coefficient (Wildman–Crippen LogP) is 3.77. The van der Waals surface area contributed by atoms with Crippen LogP contribution in [0.25, 0.3) is 22.8 Å². The number of halogens is 1. The first-order valence-corrected chi connectivity index (χ1v) is 6.52. The van der Waals surface area contributed by atoms with Gasteiger partial charge in [0.05, 0.1) is 12.7 Å². The third kappa shape index (κ3) is 2.68. The summed E-state index contributed by atoms with van der Waals surface area (Å²) < 4.78 is 10.3. The van der Waals surface area contributed by atoms with Gasteiger partial charge in [0.1, 0.15) is 11.5 Å². The third-order valence-electron chi connectivity index (χ3n) is 2.96. The summed E-state index contributed by atoms with van der Waals surface area (Å²) in [6.07, 6.45) is 0. The van der Waals surface area contributed by atoms with Crippen molar-refractivity contribution >= 4 is 11.6 Å². The van der Waals surface area contributed by atoms with E-state index in [9.17, 15) is 5.11 Å². The minimum absolute atomic E-state index is 0.0436. The van der Waals surface area contributed by atoms with Crippen molar-refractivity contribution in [1.82, 2.24) is 10.1 Å². The van der Waals surface area contributed by atoms with Crippen molar-refractivity contribution in [2.75, 3.05) is 7.11 Å². The van der Waals surface area contributed by atoms with Crippen LogP contribution in [0.1, 0.15) is 0 Å². The van der Waals surface area contributed by atoms with Crippen LogP contribution >= 0.6 is 11.6 Å². The summed E-state index contributed by atoms with van der Waals surface area (Å²) in [4.78, 5) is 4.28. The molecule has 106 valence electrons. The standard InChI is InChI=1S/C15H11ClN2O3/c1-20-11-6-7-13(19)12(8-11)15-17-14(18-21-15)9-2-4-10(16)5-3-9/h2-8,19H,1H3. The SMILES string of the molecule is COc1ccc(O)c(-c2nc(-c3ccc(Cl)cc3)no2)c1. The van der Waals surface area contributed by atoms with Crippen molar-refractivity contribution in [1.29, 1.82) is 0 Å². The number of phenolic OH excluding ortho intramolecular Hbond substituents is 1. The van der Waals surface area contributed by atoms with E-state index in [2.05, 4.69) is 10.1 Å². The molecule has 0 amide bonds. The monoisotopic (exact) mass is 302 g/mol. The van der Waals surface area contributed by atoms with Gasteiger partial charge in [0, 0.05) is 10.6 Å². The Morgan fingerprint density at radius 3 is 2.62 bits per heavy atom. The molecule has 0 aliphatic heterocycles. The Balaban J connectivity index is 2.00. The second kappa shape index (κ2) is 5.46. The number of ether oxygens (including phenoxy) is 1. The molecule has 1 N–H and O–H groups in total. The zero-order chi connectivity index (χ0) is 14.8. The van der Waals surface area contributed by atoms with Crippen LogP contribution in [0.5, 0.6) is 11.5 Å². The fourth-order valence-corrected chi connectivity index (χ4v) is 1.99. The van der Waals surface area contributed by atoms with Gasteiger partial charge < -0.3 is 14.4 Å². The first-order chi connectivity index (χ1) is 10.2. The molecule has 0 saturated heterocycles. The van der Waals surface area contributed by atoms with Crippen LogP contribution in [0, 0.1) is 0 Å². The van der Waals surface area contributed by atoms with Crippen molar-refractivity contribution in [3.05, 3.63) is 47.5 Å². The first kappa shape index (κ1) is 13.5. The summed E-state index contributed by atoms with van der Waals surface area (Å²) in [5.41, 5.74) is 1.19. The number of hydrogen-bond donors (Lipinski definition) is 1. The van der Waals surface area contributed by atoms with Gasteiger partial charge in [-0.2, -0.15) is 4.98 Å². The molecule has 0 saturated carbocycles. The van der Waals surface area contributed by atoms with Crippen molar-refractivity contribution in [2.24, 2.45) is 0 Å². The second-order valence-electron chi connectivity index (χ2n) is 4.31. The lowest BCUT2D eigenvalue weighted by molar-refractivity contribution is 0.408. The highest BCUT2D eigenvalue weighted by Gasteiger charge is 2.15. The summed E-state index contributed by atoms with van der Waals surface area (Å²) in [5, 5.41) is 14.4. The second-order valence-corrected chi connectivity index (χ2v) is 4.75. The largest absolute Gasteiger partial charge is 0.507 e. The zero-order valence-corrected chi connectivity index (χ0v) is 11.8. The molecule has 0 aliphatic carbocycles. The highest BCUT2D eigenvalue weighted by atomic mass is 35.5. The molecule has 1 aromatic heterocycles. The predicted molar refractivity (Wildman–Crippen MR) is 78.4 cm³/mol. The highest BCUT2D eigenvalue weighted by Crippen LogP contribution is 2.32. The van der Waals surface area contributed by atoms with Gasteiger partial charge in [-0.3, -0.25) is 0 Å². The number of phenols is 1. The van der Waals surface area contributed by atoms with Crippen LogP contribution < -0.4 is 4.74 Å². The summed E-state index contributed by atoms with van der Waals surface area (Å²) in [6.45, 7) is 0. The number of aromatic nitrogens is 2. The topological polar surface area (TPSA) is 68.4 Å². The fourth-order valence-electron chi connectivity index (χ4n) is 1.86. The number of hydrogen-bond acceptors (Lipinski definition) is 5. The zero-order valence-electron chi connectivity index (χ0n) is 11.1. The van der Waals surface area contributed by atoms with Crippen LogP contribution in [0.4, 0.5) is 0 Å². The summed E-state index contributed by atoms with van der Waals surface area (Å²) >= 11 is 5.84. The number of methoxy groups -OCH3 is 1. The van der Waals surface area contributed by atoms with Crippen LogP contribution in [-0.2, 0) is 0 Å². The molecule has 21 heavy (non-hydrogen) atoms.